The van der Waals surface area contributed by atoms with Crippen LogP contribution in [0.15, 0.2) is 24.3 Å². The molecule has 1 N–H and O–H groups in total. The SMILES string of the molecule is CN(CC(=O)O)C(=O)C1(Cc2cccc(Cl)c2)CCCC1. The second kappa shape index (κ2) is 6.48. The number of amides is 1. The zero-order chi connectivity index (χ0) is 15.5. The topological polar surface area (TPSA) is 57.6 Å². The Balaban J connectivity index is 2.20. The average Bonchev–Trinajstić information content (AvgIpc) is 2.86. The van der Waals surface area contributed by atoms with Crippen LogP contribution in [-0.2, 0) is 16.0 Å². The fourth-order valence-corrected chi connectivity index (χ4v) is 3.45. The number of benzene rings is 1. The van der Waals surface area contributed by atoms with Crippen molar-refractivity contribution in [3.63, 3.8) is 0 Å². The third kappa shape index (κ3) is 3.76. The van der Waals surface area contributed by atoms with Crippen LogP contribution in [0.25, 0.3) is 0 Å². The highest BCUT2D eigenvalue weighted by molar-refractivity contribution is 6.30. The van der Waals surface area contributed by atoms with Crippen LogP contribution < -0.4 is 0 Å². The van der Waals surface area contributed by atoms with Gasteiger partial charge in [-0.2, -0.15) is 0 Å². The summed E-state index contributed by atoms with van der Waals surface area (Å²) in [5.41, 5.74) is 0.552. The van der Waals surface area contributed by atoms with E-state index in [0.717, 1.165) is 31.2 Å². The highest BCUT2D eigenvalue weighted by Gasteiger charge is 2.42. The van der Waals surface area contributed by atoms with E-state index in [1.165, 1.54) is 4.90 Å². The molecule has 0 radical (unpaired) electrons. The largest absolute Gasteiger partial charge is 0.480 e. The number of hydrogen-bond donors (Lipinski definition) is 1. The molecule has 4 nitrogen and oxygen atoms in total. The molecule has 0 bridgehead atoms. The van der Waals surface area contributed by atoms with E-state index in [2.05, 4.69) is 0 Å². The molecule has 0 aromatic heterocycles. The Morgan fingerprint density at radius 1 is 1.33 bits per heavy atom. The van der Waals surface area contributed by atoms with Crippen LogP contribution in [0.4, 0.5) is 0 Å². The van der Waals surface area contributed by atoms with E-state index in [9.17, 15) is 9.59 Å². The number of carboxylic acids is 1. The van der Waals surface area contributed by atoms with Gasteiger partial charge in [0.25, 0.3) is 0 Å². The van der Waals surface area contributed by atoms with Crippen molar-refractivity contribution in [1.82, 2.24) is 4.90 Å². The molecule has 114 valence electrons. The van der Waals surface area contributed by atoms with Crippen LogP contribution in [0.5, 0.6) is 0 Å². The third-order valence-electron chi connectivity index (χ3n) is 4.17. The molecule has 1 aliphatic carbocycles. The maximum Gasteiger partial charge on any atom is 0.323 e. The van der Waals surface area contributed by atoms with Gasteiger partial charge in [-0.15, -0.1) is 0 Å². The first-order valence-corrected chi connectivity index (χ1v) is 7.52. The molecule has 0 aliphatic heterocycles. The van der Waals surface area contributed by atoms with Crippen molar-refractivity contribution in [2.45, 2.75) is 32.1 Å². The van der Waals surface area contributed by atoms with Crippen molar-refractivity contribution in [3.8, 4) is 0 Å². The lowest BCUT2D eigenvalue weighted by Crippen LogP contribution is -2.44. The molecule has 0 atom stereocenters. The number of carbonyl (C=O) groups excluding carboxylic acids is 1. The highest BCUT2D eigenvalue weighted by atomic mass is 35.5. The van der Waals surface area contributed by atoms with Crippen molar-refractivity contribution in [2.24, 2.45) is 5.41 Å². The lowest BCUT2D eigenvalue weighted by molar-refractivity contribution is -0.148. The summed E-state index contributed by atoms with van der Waals surface area (Å²) in [5.74, 6) is -1.05. The number of hydrogen-bond acceptors (Lipinski definition) is 2. The van der Waals surface area contributed by atoms with Gasteiger partial charge in [0.15, 0.2) is 0 Å². The summed E-state index contributed by atoms with van der Waals surface area (Å²) in [4.78, 5) is 24.9. The molecule has 1 fully saturated rings. The molecule has 0 heterocycles. The van der Waals surface area contributed by atoms with Crippen LogP contribution in [0.3, 0.4) is 0 Å². The maximum atomic E-state index is 12.7. The molecule has 21 heavy (non-hydrogen) atoms. The number of likely N-dealkylation sites (N-methyl/N-ethyl adjacent to an activating group) is 1. The number of carboxylic acid groups (broad SMARTS) is 1. The van der Waals surface area contributed by atoms with Gasteiger partial charge in [0, 0.05) is 12.1 Å². The van der Waals surface area contributed by atoms with Crippen molar-refractivity contribution >= 4 is 23.5 Å². The smallest absolute Gasteiger partial charge is 0.323 e. The van der Waals surface area contributed by atoms with E-state index in [1.807, 2.05) is 24.3 Å². The van der Waals surface area contributed by atoms with Crippen LogP contribution in [0.2, 0.25) is 5.02 Å². The second-order valence-corrected chi connectivity index (χ2v) is 6.29. The lowest BCUT2D eigenvalue weighted by Gasteiger charge is -2.32. The van der Waals surface area contributed by atoms with Gasteiger partial charge in [-0.1, -0.05) is 36.6 Å². The summed E-state index contributed by atoms with van der Waals surface area (Å²) in [6, 6.07) is 7.54. The predicted molar refractivity (Wildman–Crippen MR) is 81.3 cm³/mol. The molecule has 0 unspecified atom stereocenters. The highest BCUT2D eigenvalue weighted by Crippen LogP contribution is 2.42. The fourth-order valence-electron chi connectivity index (χ4n) is 3.24. The Morgan fingerprint density at radius 2 is 2.00 bits per heavy atom. The van der Waals surface area contributed by atoms with Crippen LogP contribution in [0.1, 0.15) is 31.2 Å². The number of aliphatic carboxylic acids is 1. The van der Waals surface area contributed by atoms with Gasteiger partial charge in [-0.25, -0.2) is 0 Å². The van der Waals surface area contributed by atoms with Gasteiger partial charge >= 0.3 is 5.97 Å². The Kier molecular flexibility index (Phi) is 4.88. The molecule has 2 rings (SSSR count). The van der Waals surface area contributed by atoms with E-state index in [1.54, 1.807) is 7.05 Å². The van der Waals surface area contributed by atoms with Crippen molar-refractivity contribution in [2.75, 3.05) is 13.6 Å². The van der Waals surface area contributed by atoms with E-state index < -0.39 is 11.4 Å². The van der Waals surface area contributed by atoms with E-state index in [-0.39, 0.29) is 12.5 Å². The summed E-state index contributed by atoms with van der Waals surface area (Å²) >= 11 is 6.01. The van der Waals surface area contributed by atoms with Gasteiger partial charge in [-0.05, 0) is 37.0 Å². The molecule has 1 aliphatic rings. The Hall–Kier alpha value is -1.55. The third-order valence-corrected chi connectivity index (χ3v) is 4.40. The van der Waals surface area contributed by atoms with Crippen molar-refractivity contribution in [3.05, 3.63) is 34.9 Å². The normalized spacial score (nSPS) is 16.7. The van der Waals surface area contributed by atoms with Crippen LogP contribution in [0, 0.1) is 5.41 Å². The molecule has 1 aromatic rings. The monoisotopic (exact) mass is 309 g/mol. The minimum atomic E-state index is -0.984. The predicted octanol–water partition coefficient (Wildman–Crippen LogP) is 2.99. The minimum Gasteiger partial charge on any atom is -0.480 e. The minimum absolute atomic E-state index is 0.0672. The standard InChI is InChI=1S/C16H20ClNO3/c1-18(11-14(19)20)15(21)16(7-2-3-8-16)10-12-5-4-6-13(17)9-12/h4-6,9H,2-3,7-8,10-11H2,1H3,(H,19,20). The zero-order valence-electron chi connectivity index (χ0n) is 12.1. The number of nitrogens with zero attached hydrogens (tertiary/aromatic N) is 1. The molecule has 1 aromatic carbocycles. The van der Waals surface area contributed by atoms with Crippen LogP contribution >= 0.6 is 11.6 Å². The molecular weight excluding hydrogens is 290 g/mol. The maximum absolute atomic E-state index is 12.7. The van der Waals surface area contributed by atoms with Gasteiger partial charge in [0.05, 0.1) is 5.41 Å². The second-order valence-electron chi connectivity index (χ2n) is 5.85. The lowest BCUT2D eigenvalue weighted by atomic mass is 9.78. The first kappa shape index (κ1) is 15.8. The fraction of sp³-hybridized carbons (Fsp3) is 0.500. The van der Waals surface area contributed by atoms with Gasteiger partial charge < -0.3 is 10.0 Å². The Morgan fingerprint density at radius 3 is 2.57 bits per heavy atom. The van der Waals surface area contributed by atoms with Gasteiger partial charge in [0.1, 0.15) is 6.54 Å². The van der Waals surface area contributed by atoms with E-state index >= 15 is 0 Å². The molecule has 1 amide bonds. The van der Waals surface area contributed by atoms with Crippen molar-refractivity contribution in [1.29, 1.82) is 0 Å². The number of rotatable bonds is 5. The molecular formula is C16H20ClNO3. The summed E-state index contributed by atoms with van der Waals surface area (Å²) in [6.45, 7) is -0.254. The van der Waals surface area contributed by atoms with E-state index in [4.69, 9.17) is 16.7 Å². The van der Waals surface area contributed by atoms with Gasteiger partial charge in [-0.3, -0.25) is 9.59 Å². The number of halogens is 1. The van der Waals surface area contributed by atoms with Crippen LogP contribution in [-0.4, -0.2) is 35.5 Å². The Labute approximate surface area is 129 Å². The summed E-state index contributed by atoms with van der Waals surface area (Å²) in [6.07, 6.45) is 4.25. The van der Waals surface area contributed by atoms with E-state index in [0.29, 0.717) is 11.4 Å². The van der Waals surface area contributed by atoms with Gasteiger partial charge in [0.2, 0.25) is 5.91 Å². The zero-order valence-corrected chi connectivity index (χ0v) is 12.9. The molecule has 5 heteroatoms. The molecule has 0 spiro atoms. The summed E-state index contributed by atoms with van der Waals surface area (Å²) < 4.78 is 0. The summed E-state index contributed by atoms with van der Waals surface area (Å²) in [5, 5.41) is 9.53. The first-order chi connectivity index (χ1) is 9.93. The van der Waals surface area contributed by atoms with Crippen molar-refractivity contribution < 1.29 is 14.7 Å². The Bertz CT molecular complexity index is 538. The summed E-state index contributed by atoms with van der Waals surface area (Å²) in [7, 11) is 1.56. The quantitative estimate of drug-likeness (QED) is 0.909. The number of carbonyl (C=O) groups is 2. The first-order valence-electron chi connectivity index (χ1n) is 7.15. The average molecular weight is 310 g/mol. The molecule has 1 saturated carbocycles. The molecule has 0 saturated heterocycles.